The minimum atomic E-state index is 0.779. The first kappa shape index (κ1) is 8.74. The van der Waals surface area contributed by atoms with Gasteiger partial charge in [0, 0.05) is 7.05 Å². The van der Waals surface area contributed by atoms with Crippen molar-refractivity contribution in [3.8, 4) is 0 Å². The lowest BCUT2D eigenvalue weighted by atomic mass is 10.2. The first-order chi connectivity index (χ1) is 6.22. The summed E-state index contributed by atoms with van der Waals surface area (Å²) in [6.45, 7) is 1.97. The molecule has 0 unspecified atom stereocenters. The van der Waals surface area contributed by atoms with Crippen LogP contribution in [0, 0.1) is 10.6 Å². The Morgan fingerprint density at radius 2 is 2.31 bits per heavy atom. The summed E-state index contributed by atoms with van der Waals surface area (Å²) in [4.78, 5) is 4.36. The van der Waals surface area contributed by atoms with Crippen LogP contribution in [-0.4, -0.2) is 22.2 Å². The van der Waals surface area contributed by atoms with Crippen molar-refractivity contribution in [3.05, 3.63) is 15.5 Å². The molecule has 2 N–H and O–H groups in total. The number of rotatable bonds is 1. The molecule has 0 amide bonds. The molecule has 0 aliphatic carbocycles. The molecule has 0 aromatic carbocycles. The van der Waals surface area contributed by atoms with Gasteiger partial charge < -0.3 is 5.32 Å². The van der Waals surface area contributed by atoms with Gasteiger partial charge in [0.15, 0.2) is 5.65 Å². The zero-order valence-electron chi connectivity index (χ0n) is 7.35. The number of H-pyrrole nitrogens is 1. The summed E-state index contributed by atoms with van der Waals surface area (Å²) in [5, 5.41) is 11.1. The molecule has 0 radical (unpaired) electrons. The normalized spacial score (nSPS) is 10.7. The third kappa shape index (κ3) is 1.37. The third-order valence-corrected chi connectivity index (χ3v) is 2.78. The predicted molar refractivity (Wildman–Crippen MR) is 60.9 cm³/mol. The molecule has 0 spiro atoms. The van der Waals surface area contributed by atoms with Crippen molar-refractivity contribution in [1.29, 1.82) is 0 Å². The van der Waals surface area contributed by atoms with Crippen LogP contribution in [0.5, 0.6) is 0 Å². The van der Waals surface area contributed by atoms with Crippen molar-refractivity contribution in [3.63, 3.8) is 0 Å². The van der Waals surface area contributed by atoms with E-state index in [1.807, 2.05) is 14.0 Å². The maximum absolute atomic E-state index is 4.36. The Kier molecular flexibility index (Phi) is 2.10. The zero-order chi connectivity index (χ0) is 9.42. The number of pyridine rings is 1. The lowest BCUT2D eigenvalue weighted by Gasteiger charge is -2.02. The minimum Gasteiger partial charge on any atom is -0.387 e. The van der Waals surface area contributed by atoms with Gasteiger partial charge in [-0.2, -0.15) is 5.10 Å². The Morgan fingerprint density at radius 1 is 1.54 bits per heavy atom. The first-order valence-corrected chi connectivity index (χ1v) is 4.99. The molecule has 5 heteroatoms. The molecule has 68 valence electrons. The van der Waals surface area contributed by atoms with Gasteiger partial charge in [-0.15, -0.1) is 0 Å². The second-order valence-electron chi connectivity index (χ2n) is 2.78. The van der Waals surface area contributed by atoms with E-state index in [1.165, 1.54) is 0 Å². The average Bonchev–Trinajstić information content (AvgIpc) is 2.46. The van der Waals surface area contributed by atoms with Gasteiger partial charge in [0.25, 0.3) is 0 Å². The fourth-order valence-electron chi connectivity index (χ4n) is 1.25. The summed E-state index contributed by atoms with van der Waals surface area (Å²) in [5.41, 5.74) is 2.80. The molecule has 13 heavy (non-hydrogen) atoms. The number of nitrogens with zero attached hydrogens (tertiary/aromatic N) is 2. The monoisotopic (exact) mass is 288 g/mol. The largest absolute Gasteiger partial charge is 0.387 e. The van der Waals surface area contributed by atoms with E-state index in [9.17, 15) is 0 Å². The van der Waals surface area contributed by atoms with Gasteiger partial charge in [0.1, 0.15) is 3.70 Å². The number of hydrogen-bond donors (Lipinski definition) is 2. The van der Waals surface area contributed by atoms with Crippen LogP contribution in [0.25, 0.3) is 11.0 Å². The molecule has 2 heterocycles. The van der Waals surface area contributed by atoms with Crippen LogP contribution in [0.3, 0.4) is 0 Å². The van der Waals surface area contributed by atoms with Crippen LogP contribution in [0.1, 0.15) is 5.69 Å². The lowest BCUT2D eigenvalue weighted by Crippen LogP contribution is -1.94. The van der Waals surface area contributed by atoms with Crippen LogP contribution in [0.15, 0.2) is 6.07 Å². The number of aryl methyl sites for hydroxylation is 1. The molecule has 0 saturated heterocycles. The summed E-state index contributed by atoms with van der Waals surface area (Å²) < 4.78 is 1.02. The van der Waals surface area contributed by atoms with Crippen molar-refractivity contribution in [2.75, 3.05) is 12.4 Å². The molecular weight excluding hydrogens is 279 g/mol. The predicted octanol–water partition coefficient (Wildman–Crippen LogP) is 1.91. The van der Waals surface area contributed by atoms with Crippen LogP contribution < -0.4 is 5.32 Å². The van der Waals surface area contributed by atoms with Gasteiger partial charge in [-0.3, -0.25) is 5.10 Å². The van der Waals surface area contributed by atoms with Crippen molar-refractivity contribution in [2.24, 2.45) is 0 Å². The molecule has 2 rings (SSSR count). The molecule has 2 aromatic heterocycles. The van der Waals surface area contributed by atoms with Crippen molar-refractivity contribution < 1.29 is 0 Å². The SMILES string of the molecule is CNc1cc2c(I)[nH]nc2nc1C. The van der Waals surface area contributed by atoms with E-state index < -0.39 is 0 Å². The van der Waals surface area contributed by atoms with Crippen molar-refractivity contribution in [1.82, 2.24) is 15.2 Å². The second kappa shape index (κ2) is 3.13. The quantitative estimate of drug-likeness (QED) is 0.788. The van der Waals surface area contributed by atoms with E-state index in [2.05, 4.69) is 49.2 Å². The van der Waals surface area contributed by atoms with Gasteiger partial charge in [-0.1, -0.05) is 0 Å². The number of aromatic nitrogens is 3. The van der Waals surface area contributed by atoms with Crippen molar-refractivity contribution in [2.45, 2.75) is 6.92 Å². The number of halogens is 1. The van der Waals surface area contributed by atoms with Crippen LogP contribution in [-0.2, 0) is 0 Å². The van der Waals surface area contributed by atoms with E-state index in [1.54, 1.807) is 0 Å². The van der Waals surface area contributed by atoms with Crippen LogP contribution in [0.2, 0.25) is 0 Å². The zero-order valence-corrected chi connectivity index (χ0v) is 9.51. The minimum absolute atomic E-state index is 0.779. The Balaban J connectivity index is 2.77. The summed E-state index contributed by atoms with van der Waals surface area (Å²) in [6.07, 6.45) is 0. The molecule has 0 atom stereocenters. The smallest absolute Gasteiger partial charge is 0.182 e. The Hall–Kier alpha value is -0.850. The number of nitrogens with one attached hydrogen (secondary N) is 2. The molecule has 0 aliphatic rings. The maximum Gasteiger partial charge on any atom is 0.182 e. The molecular formula is C8H9IN4. The fourth-order valence-corrected chi connectivity index (χ4v) is 1.77. The van der Waals surface area contributed by atoms with Crippen LogP contribution in [0.4, 0.5) is 5.69 Å². The van der Waals surface area contributed by atoms with Crippen molar-refractivity contribution >= 4 is 39.3 Å². The summed E-state index contributed by atoms with van der Waals surface area (Å²) in [6, 6.07) is 2.06. The van der Waals surface area contributed by atoms with Gasteiger partial charge in [-0.05, 0) is 35.6 Å². The summed E-state index contributed by atoms with van der Waals surface area (Å²) in [5.74, 6) is 0. The van der Waals surface area contributed by atoms with Gasteiger partial charge in [0.05, 0.1) is 16.8 Å². The molecule has 0 saturated carbocycles. The fraction of sp³-hybridized carbons (Fsp3) is 0.250. The van der Waals surface area contributed by atoms with Crippen LogP contribution >= 0.6 is 22.6 Å². The Labute approximate surface area is 89.3 Å². The highest BCUT2D eigenvalue weighted by Crippen LogP contribution is 2.21. The molecule has 0 aliphatic heterocycles. The maximum atomic E-state index is 4.36. The number of anilines is 1. The highest BCUT2D eigenvalue weighted by Gasteiger charge is 2.06. The molecule has 0 bridgehead atoms. The molecule has 2 aromatic rings. The van der Waals surface area contributed by atoms with Gasteiger partial charge in [0.2, 0.25) is 0 Å². The van der Waals surface area contributed by atoms with Gasteiger partial charge in [-0.25, -0.2) is 4.98 Å². The Morgan fingerprint density at radius 3 is 3.00 bits per heavy atom. The highest BCUT2D eigenvalue weighted by atomic mass is 127. The molecule has 4 nitrogen and oxygen atoms in total. The number of hydrogen-bond acceptors (Lipinski definition) is 3. The van der Waals surface area contributed by atoms with E-state index in [4.69, 9.17) is 0 Å². The first-order valence-electron chi connectivity index (χ1n) is 3.91. The standard InChI is InChI=1S/C8H9IN4/c1-4-6(10-2)3-5-7(9)12-13-8(5)11-4/h3,10H,1-2H3,(H,11,12,13). The van der Waals surface area contributed by atoms with E-state index in [0.29, 0.717) is 0 Å². The third-order valence-electron chi connectivity index (χ3n) is 1.96. The number of fused-ring (bicyclic) bond motifs is 1. The van der Waals surface area contributed by atoms with E-state index >= 15 is 0 Å². The lowest BCUT2D eigenvalue weighted by molar-refractivity contribution is 1.07. The highest BCUT2D eigenvalue weighted by molar-refractivity contribution is 14.1. The second-order valence-corrected chi connectivity index (χ2v) is 3.86. The average molecular weight is 288 g/mol. The topological polar surface area (TPSA) is 53.6 Å². The van der Waals surface area contributed by atoms with E-state index in [-0.39, 0.29) is 0 Å². The van der Waals surface area contributed by atoms with E-state index in [0.717, 1.165) is 26.1 Å². The Bertz CT molecular complexity index is 449. The summed E-state index contributed by atoms with van der Waals surface area (Å²) in [7, 11) is 1.89. The number of aromatic amines is 1. The summed E-state index contributed by atoms with van der Waals surface area (Å²) >= 11 is 2.21. The van der Waals surface area contributed by atoms with Gasteiger partial charge >= 0.3 is 0 Å². The molecule has 0 fully saturated rings.